The first-order valence-electron chi connectivity index (χ1n) is 6.19. The van der Waals surface area contributed by atoms with Gasteiger partial charge in [-0.15, -0.1) is 0 Å². The summed E-state index contributed by atoms with van der Waals surface area (Å²) < 4.78 is 14.5. The molecule has 1 unspecified atom stereocenters. The number of rotatable bonds is 6. The fourth-order valence-corrected chi connectivity index (χ4v) is 2.12. The molecule has 0 saturated heterocycles. The summed E-state index contributed by atoms with van der Waals surface area (Å²) in [6.45, 7) is 7.38. The van der Waals surface area contributed by atoms with Crippen LogP contribution in [-0.4, -0.2) is 6.54 Å². The Morgan fingerprint density at radius 1 is 1.29 bits per heavy atom. The molecule has 0 aliphatic carbocycles. The van der Waals surface area contributed by atoms with E-state index >= 15 is 0 Å². The summed E-state index contributed by atoms with van der Waals surface area (Å²) in [5.41, 5.74) is 0.734. The normalized spacial score (nSPS) is 13.1. The van der Waals surface area contributed by atoms with E-state index in [1.165, 1.54) is 12.5 Å². The molecule has 0 radical (unpaired) electrons. The topological polar surface area (TPSA) is 12.0 Å². The lowest BCUT2D eigenvalue weighted by Crippen LogP contribution is -2.21. The van der Waals surface area contributed by atoms with E-state index in [0.29, 0.717) is 0 Å². The molecule has 1 N–H and O–H groups in total. The molecule has 17 heavy (non-hydrogen) atoms. The van der Waals surface area contributed by atoms with Crippen LogP contribution >= 0.6 is 15.9 Å². The van der Waals surface area contributed by atoms with E-state index in [1.807, 2.05) is 19.1 Å². The summed E-state index contributed by atoms with van der Waals surface area (Å²) in [7, 11) is 0. The van der Waals surface area contributed by atoms with Gasteiger partial charge in [-0.1, -0.05) is 35.8 Å². The summed E-state index contributed by atoms with van der Waals surface area (Å²) in [6, 6.07) is 5.29. The maximum Gasteiger partial charge on any atom is 0.129 e. The van der Waals surface area contributed by atoms with E-state index < -0.39 is 0 Å². The Morgan fingerprint density at radius 2 is 2.00 bits per heavy atom. The third kappa shape index (κ3) is 5.17. The largest absolute Gasteiger partial charge is 0.310 e. The summed E-state index contributed by atoms with van der Waals surface area (Å²) >= 11 is 3.26. The quantitative estimate of drug-likeness (QED) is 0.753. The molecular weight excluding hydrogens is 281 g/mol. The molecule has 0 aromatic heterocycles. The molecule has 0 amide bonds. The van der Waals surface area contributed by atoms with Crippen molar-refractivity contribution in [3.8, 4) is 0 Å². The zero-order valence-electron chi connectivity index (χ0n) is 10.8. The van der Waals surface area contributed by atoms with E-state index in [4.69, 9.17) is 0 Å². The fourth-order valence-electron chi connectivity index (χ4n) is 1.79. The Labute approximate surface area is 112 Å². The highest BCUT2D eigenvalue weighted by molar-refractivity contribution is 9.10. The molecule has 1 atom stereocenters. The third-order valence-corrected chi connectivity index (χ3v) is 3.33. The molecule has 0 spiro atoms. The van der Waals surface area contributed by atoms with Gasteiger partial charge in [0.05, 0.1) is 0 Å². The van der Waals surface area contributed by atoms with Crippen molar-refractivity contribution in [2.75, 3.05) is 6.54 Å². The predicted molar refractivity (Wildman–Crippen MR) is 74.6 cm³/mol. The second-order valence-corrected chi connectivity index (χ2v) is 5.79. The number of benzene rings is 1. The lowest BCUT2D eigenvalue weighted by atomic mass is 10.1. The Bertz CT molecular complexity index is 352. The van der Waals surface area contributed by atoms with Crippen LogP contribution < -0.4 is 5.32 Å². The van der Waals surface area contributed by atoms with Crippen LogP contribution in [0.3, 0.4) is 0 Å². The van der Waals surface area contributed by atoms with Crippen molar-refractivity contribution in [2.24, 2.45) is 5.92 Å². The van der Waals surface area contributed by atoms with Crippen LogP contribution in [0, 0.1) is 11.7 Å². The molecule has 0 saturated carbocycles. The number of hydrogen-bond acceptors (Lipinski definition) is 1. The molecule has 0 bridgehead atoms. The lowest BCUT2D eigenvalue weighted by Gasteiger charge is -2.15. The molecule has 96 valence electrons. The van der Waals surface area contributed by atoms with Crippen molar-refractivity contribution in [2.45, 2.75) is 39.7 Å². The van der Waals surface area contributed by atoms with Gasteiger partial charge >= 0.3 is 0 Å². The molecule has 1 nitrogen and oxygen atoms in total. The monoisotopic (exact) mass is 301 g/mol. The highest BCUT2D eigenvalue weighted by atomic mass is 79.9. The van der Waals surface area contributed by atoms with E-state index in [2.05, 4.69) is 35.1 Å². The molecule has 3 heteroatoms. The van der Waals surface area contributed by atoms with Crippen LogP contribution in [0.15, 0.2) is 22.7 Å². The third-order valence-electron chi connectivity index (χ3n) is 2.84. The van der Waals surface area contributed by atoms with Gasteiger partial charge in [0.1, 0.15) is 5.82 Å². The molecule has 0 aliphatic heterocycles. The van der Waals surface area contributed by atoms with Gasteiger partial charge in [0.2, 0.25) is 0 Å². The van der Waals surface area contributed by atoms with Crippen LogP contribution in [0.5, 0.6) is 0 Å². The zero-order valence-corrected chi connectivity index (χ0v) is 12.3. The smallest absolute Gasteiger partial charge is 0.129 e. The zero-order chi connectivity index (χ0) is 12.8. The van der Waals surface area contributed by atoms with Crippen molar-refractivity contribution < 1.29 is 4.39 Å². The minimum Gasteiger partial charge on any atom is -0.310 e. The number of halogens is 2. The molecule has 0 heterocycles. The van der Waals surface area contributed by atoms with Gasteiger partial charge in [-0.05, 0) is 44.4 Å². The van der Waals surface area contributed by atoms with E-state index in [-0.39, 0.29) is 11.9 Å². The van der Waals surface area contributed by atoms with Crippen LogP contribution in [0.2, 0.25) is 0 Å². The summed E-state index contributed by atoms with van der Waals surface area (Å²) in [5.74, 6) is 0.583. The van der Waals surface area contributed by atoms with Crippen molar-refractivity contribution in [3.63, 3.8) is 0 Å². The minimum atomic E-state index is -0.150. The average molecular weight is 302 g/mol. The Hall–Kier alpha value is -0.410. The second-order valence-electron chi connectivity index (χ2n) is 4.88. The predicted octanol–water partition coefficient (Wildman–Crippen LogP) is 4.68. The molecular formula is C14H21BrFN. The number of hydrogen-bond donors (Lipinski definition) is 1. The van der Waals surface area contributed by atoms with E-state index in [9.17, 15) is 4.39 Å². The van der Waals surface area contributed by atoms with Gasteiger partial charge in [-0.3, -0.25) is 0 Å². The van der Waals surface area contributed by atoms with Crippen LogP contribution in [0.1, 0.15) is 45.2 Å². The van der Waals surface area contributed by atoms with Crippen molar-refractivity contribution >= 4 is 15.9 Å². The Balaban J connectivity index is 2.44. The second kappa shape index (κ2) is 7.12. The first-order valence-corrected chi connectivity index (χ1v) is 6.98. The average Bonchev–Trinajstić information content (AvgIpc) is 2.23. The van der Waals surface area contributed by atoms with Gasteiger partial charge in [-0.25, -0.2) is 4.39 Å². The first-order chi connectivity index (χ1) is 8.00. The van der Waals surface area contributed by atoms with Crippen LogP contribution in [0.4, 0.5) is 4.39 Å². The van der Waals surface area contributed by atoms with E-state index in [0.717, 1.165) is 28.9 Å². The Kier molecular flexibility index (Phi) is 6.14. The summed E-state index contributed by atoms with van der Waals surface area (Å²) in [5, 5.41) is 3.36. The Morgan fingerprint density at radius 3 is 2.59 bits per heavy atom. The first kappa shape index (κ1) is 14.7. The highest BCUT2D eigenvalue weighted by Crippen LogP contribution is 2.20. The van der Waals surface area contributed by atoms with Gasteiger partial charge in [0.25, 0.3) is 0 Å². The minimum absolute atomic E-state index is 0.0651. The SMILES string of the molecule is CC(C)CCCNC(C)c1ccc(Br)cc1F. The van der Waals surface area contributed by atoms with Gasteiger partial charge in [0.15, 0.2) is 0 Å². The van der Waals surface area contributed by atoms with Crippen molar-refractivity contribution in [1.82, 2.24) is 5.32 Å². The maximum atomic E-state index is 13.7. The molecule has 0 aliphatic rings. The van der Waals surface area contributed by atoms with Crippen LogP contribution in [-0.2, 0) is 0 Å². The molecule has 1 rings (SSSR count). The molecule has 1 aromatic rings. The molecule has 1 aromatic carbocycles. The highest BCUT2D eigenvalue weighted by Gasteiger charge is 2.10. The van der Waals surface area contributed by atoms with Crippen LogP contribution in [0.25, 0.3) is 0 Å². The lowest BCUT2D eigenvalue weighted by molar-refractivity contribution is 0.484. The standard InChI is InChI=1S/C14H21BrFN/c1-10(2)5-4-8-17-11(3)13-7-6-12(15)9-14(13)16/h6-7,9-11,17H,4-5,8H2,1-3H3. The van der Waals surface area contributed by atoms with Gasteiger partial charge in [0, 0.05) is 16.1 Å². The van der Waals surface area contributed by atoms with Crippen molar-refractivity contribution in [1.29, 1.82) is 0 Å². The van der Waals surface area contributed by atoms with E-state index in [1.54, 1.807) is 0 Å². The summed E-state index contributed by atoms with van der Waals surface area (Å²) in [4.78, 5) is 0. The summed E-state index contributed by atoms with van der Waals surface area (Å²) in [6.07, 6.45) is 2.35. The fraction of sp³-hybridized carbons (Fsp3) is 0.571. The molecule has 0 fully saturated rings. The maximum absolute atomic E-state index is 13.7. The van der Waals surface area contributed by atoms with Gasteiger partial charge < -0.3 is 5.32 Å². The van der Waals surface area contributed by atoms with Gasteiger partial charge in [-0.2, -0.15) is 0 Å². The number of nitrogens with one attached hydrogen (secondary N) is 1. The van der Waals surface area contributed by atoms with Crippen molar-refractivity contribution in [3.05, 3.63) is 34.1 Å².